The van der Waals surface area contributed by atoms with Gasteiger partial charge in [0.1, 0.15) is 0 Å². The Hall–Kier alpha value is -2.37. The van der Waals surface area contributed by atoms with Crippen molar-refractivity contribution in [1.82, 2.24) is 20.8 Å². The second-order valence-corrected chi connectivity index (χ2v) is 6.30. The number of nitrogens with zero attached hydrogens (tertiary/aromatic N) is 3. The third-order valence-electron chi connectivity index (χ3n) is 3.94. The minimum absolute atomic E-state index is 0.387. The number of nitrogens with one attached hydrogen (secondary N) is 2. The summed E-state index contributed by atoms with van der Waals surface area (Å²) in [7, 11) is 0. The van der Waals surface area contributed by atoms with Gasteiger partial charge in [-0.3, -0.25) is 4.99 Å². The molecule has 1 aromatic carbocycles. The topological polar surface area (TPSA) is 75.3 Å². The van der Waals surface area contributed by atoms with E-state index in [9.17, 15) is 0 Å². The molecule has 0 bridgehead atoms. The Balaban J connectivity index is 1.79. The molecule has 1 heterocycles. The first-order valence-electron chi connectivity index (χ1n) is 8.96. The summed E-state index contributed by atoms with van der Waals surface area (Å²) in [5.41, 5.74) is 2.60. The highest BCUT2D eigenvalue weighted by molar-refractivity contribution is 5.79. The van der Waals surface area contributed by atoms with Crippen LogP contribution < -0.4 is 10.6 Å². The quantitative estimate of drug-likeness (QED) is 0.438. The number of hydrogen-bond donors (Lipinski definition) is 2. The molecule has 6 nitrogen and oxygen atoms in total. The van der Waals surface area contributed by atoms with Crippen LogP contribution in [0.25, 0.3) is 0 Å². The van der Waals surface area contributed by atoms with Gasteiger partial charge in [0, 0.05) is 32.0 Å². The van der Waals surface area contributed by atoms with Gasteiger partial charge < -0.3 is 15.2 Å². The van der Waals surface area contributed by atoms with E-state index < -0.39 is 0 Å². The smallest absolute Gasteiger partial charge is 0.226 e. The molecule has 136 valence electrons. The minimum Gasteiger partial charge on any atom is -0.357 e. The monoisotopic (exact) mass is 343 g/mol. The van der Waals surface area contributed by atoms with E-state index in [1.807, 2.05) is 6.92 Å². The van der Waals surface area contributed by atoms with Crippen molar-refractivity contribution in [3.05, 3.63) is 47.1 Å². The molecule has 0 aliphatic heterocycles. The van der Waals surface area contributed by atoms with Crippen LogP contribution in [0.3, 0.4) is 0 Å². The number of benzene rings is 1. The van der Waals surface area contributed by atoms with E-state index in [1.54, 1.807) is 0 Å². The van der Waals surface area contributed by atoms with Crippen LogP contribution in [0.4, 0.5) is 0 Å². The highest BCUT2D eigenvalue weighted by Gasteiger charge is 2.06. The first kappa shape index (κ1) is 19.0. The predicted octanol–water partition coefficient (Wildman–Crippen LogP) is 2.98. The van der Waals surface area contributed by atoms with Crippen molar-refractivity contribution >= 4 is 5.96 Å². The van der Waals surface area contributed by atoms with Gasteiger partial charge in [0.2, 0.25) is 5.89 Å². The van der Waals surface area contributed by atoms with E-state index in [1.165, 1.54) is 11.1 Å². The van der Waals surface area contributed by atoms with Gasteiger partial charge in [-0.15, -0.1) is 0 Å². The Morgan fingerprint density at radius 2 is 1.96 bits per heavy atom. The molecule has 0 saturated carbocycles. The summed E-state index contributed by atoms with van der Waals surface area (Å²) in [6.45, 7) is 10.6. The van der Waals surface area contributed by atoms with Crippen LogP contribution in [0, 0.1) is 13.8 Å². The third-order valence-corrected chi connectivity index (χ3v) is 3.94. The Morgan fingerprint density at radius 1 is 1.20 bits per heavy atom. The minimum atomic E-state index is 0.387. The van der Waals surface area contributed by atoms with Gasteiger partial charge >= 0.3 is 0 Å². The first-order chi connectivity index (χ1) is 12.1. The van der Waals surface area contributed by atoms with Crippen LogP contribution in [-0.2, 0) is 6.42 Å². The van der Waals surface area contributed by atoms with E-state index >= 15 is 0 Å². The van der Waals surface area contributed by atoms with Crippen LogP contribution in [0.15, 0.2) is 33.8 Å². The van der Waals surface area contributed by atoms with E-state index in [0.717, 1.165) is 38.4 Å². The zero-order valence-corrected chi connectivity index (χ0v) is 15.7. The molecule has 0 radical (unpaired) electrons. The van der Waals surface area contributed by atoms with Crippen molar-refractivity contribution in [2.45, 2.75) is 46.5 Å². The highest BCUT2D eigenvalue weighted by atomic mass is 16.5. The summed E-state index contributed by atoms with van der Waals surface area (Å²) < 4.78 is 5.12. The number of rotatable bonds is 8. The van der Waals surface area contributed by atoms with E-state index in [2.05, 4.69) is 65.8 Å². The maximum absolute atomic E-state index is 5.12. The summed E-state index contributed by atoms with van der Waals surface area (Å²) in [6, 6.07) is 8.67. The molecule has 0 spiro atoms. The van der Waals surface area contributed by atoms with Gasteiger partial charge in [-0.05, 0) is 32.8 Å². The Kier molecular flexibility index (Phi) is 7.44. The molecule has 2 rings (SSSR count). The molecule has 2 N–H and O–H groups in total. The van der Waals surface area contributed by atoms with Crippen LogP contribution in [-0.4, -0.2) is 35.7 Å². The Labute approximate surface area is 150 Å². The maximum atomic E-state index is 5.12. The van der Waals surface area contributed by atoms with Crippen molar-refractivity contribution in [3.8, 4) is 0 Å². The van der Waals surface area contributed by atoms with Crippen molar-refractivity contribution in [2.75, 3.05) is 19.6 Å². The molecule has 0 aliphatic carbocycles. The van der Waals surface area contributed by atoms with Gasteiger partial charge in [0.15, 0.2) is 11.8 Å². The van der Waals surface area contributed by atoms with Gasteiger partial charge in [-0.25, -0.2) is 0 Å². The zero-order valence-electron chi connectivity index (χ0n) is 15.7. The van der Waals surface area contributed by atoms with Crippen molar-refractivity contribution < 1.29 is 4.52 Å². The van der Waals surface area contributed by atoms with Gasteiger partial charge in [-0.2, -0.15) is 4.98 Å². The fourth-order valence-electron chi connectivity index (χ4n) is 2.46. The largest absolute Gasteiger partial charge is 0.357 e. The molecule has 0 saturated heterocycles. The van der Waals surface area contributed by atoms with E-state index in [-0.39, 0.29) is 0 Å². The van der Waals surface area contributed by atoms with Crippen molar-refractivity contribution in [2.24, 2.45) is 4.99 Å². The normalized spacial score (nSPS) is 12.9. The lowest BCUT2D eigenvalue weighted by Gasteiger charge is -2.13. The molecule has 1 atom stereocenters. The number of hydrogen-bond acceptors (Lipinski definition) is 4. The van der Waals surface area contributed by atoms with E-state index in [0.29, 0.717) is 17.6 Å². The summed E-state index contributed by atoms with van der Waals surface area (Å²) in [6.07, 6.45) is 1.69. The Morgan fingerprint density at radius 3 is 2.60 bits per heavy atom. The van der Waals surface area contributed by atoms with Gasteiger partial charge in [0.05, 0.1) is 0 Å². The molecular formula is C19H29N5O. The standard InChI is InChI=1S/C19H29N5O/c1-5-20-19(21-12-6-7-18-23-16(4)24-25-18)22-13-15(3)17-10-8-14(2)9-11-17/h8-11,15H,5-7,12-13H2,1-4H3,(H2,20,21,22). The predicted molar refractivity (Wildman–Crippen MR) is 101 cm³/mol. The van der Waals surface area contributed by atoms with Gasteiger partial charge in [0.25, 0.3) is 0 Å². The number of guanidine groups is 1. The fraction of sp³-hybridized carbons (Fsp3) is 0.526. The summed E-state index contributed by atoms with van der Waals surface area (Å²) >= 11 is 0. The summed E-state index contributed by atoms with van der Waals surface area (Å²) in [5.74, 6) is 2.61. The van der Waals surface area contributed by atoms with E-state index in [4.69, 9.17) is 9.52 Å². The van der Waals surface area contributed by atoms with Gasteiger partial charge in [-0.1, -0.05) is 41.9 Å². The van der Waals surface area contributed by atoms with Crippen LogP contribution in [0.2, 0.25) is 0 Å². The lowest BCUT2D eigenvalue weighted by atomic mass is 10.0. The SMILES string of the molecule is CCNC(=NCC(C)c1ccc(C)cc1)NCCCc1nc(C)no1. The number of aryl methyl sites for hydroxylation is 3. The third kappa shape index (κ3) is 6.57. The number of aromatic nitrogens is 2. The Bertz CT molecular complexity index is 663. The molecule has 0 fully saturated rings. The summed E-state index contributed by atoms with van der Waals surface area (Å²) in [5, 5.41) is 10.5. The average molecular weight is 343 g/mol. The first-order valence-corrected chi connectivity index (χ1v) is 8.96. The average Bonchev–Trinajstić information content (AvgIpc) is 3.02. The van der Waals surface area contributed by atoms with Crippen molar-refractivity contribution in [3.63, 3.8) is 0 Å². The molecule has 0 aliphatic rings. The molecule has 2 aromatic rings. The molecule has 0 amide bonds. The second-order valence-electron chi connectivity index (χ2n) is 6.30. The van der Waals surface area contributed by atoms with Crippen LogP contribution >= 0.6 is 0 Å². The molecule has 25 heavy (non-hydrogen) atoms. The number of aliphatic imine (C=N–C) groups is 1. The molecule has 6 heteroatoms. The molecular weight excluding hydrogens is 314 g/mol. The molecule has 1 unspecified atom stereocenters. The lowest BCUT2D eigenvalue weighted by molar-refractivity contribution is 0.372. The van der Waals surface area contributed by atoms with Crippen LogP contribution in [0.1, 0.15) is 49.0 Å². The zero-order chi connectivity index (χ0) is 18.1. The lowest BCUT2D eigenvalue weighted by Crippen LogP contribution is -2.38. The summed E-state index contributed by atoms with van der Waals surface area (Å²) in [4.78, 5) is 8.92. The second kappa shape index (κ2) is 9.81. The highest BCUT2D eigenvalue weighted by Crippen LogP contribution is 2.15. The molecule has 1 aromatic heterocycles. The van der Waals surface area contributed by atoms with Crippen molar-refractivity contribution in [1.29, 1.82) is 0 Å². The fourth-order valence-corrected chi connectivity index (χ4v) is 2.46. The maximum Gasteiger partial charge on any atom is 0.226 e. The van der Waals surface area contributed by atoms with Crippen LogP contribution in [0.5, 0.6) is 0 Å².